The van der Waals surface area contributed by atoms with E-state index in [1.54, 1.807) is 6.92 Å². The maximum atomic E-state index is 12.3. The summed E-state index contributed by atoms with van der Waals surface area (Å²) in [4.78, 5) is 3.59. The van der Waals surface area contributed by atoms with E-state index in [2.05, 4.69) is 4.98 Å². The van der Waals surface area contributed by atoms with Crippen molar-refractivity contribution in [3.63, 3.8) is 0 Å². The van der Waals surface area contributed by atoms with Crippen molar-refractivity contribution < 1.29 is 13.5 Å². The summed E-state index contributed by atoms with van der Waals surface area (Å²) in [5.74, 6) is 0.185. The second kappa shape index (κ2) is 3.55. The van der Waals surface area contributed by atoms with Crippen molar-refractivity contribution in [2.75, 3.05) is 12.8 Å². The van der Waals surface area contributed by atoms with E-state index in [-0.39, 0.29) is 11.6 Å². The second-order valence-corrected chi connectivity index (χ2v) is 2.59. The molecule has 0 spiro atoms. The van der Waals surface area contributed by atoms with Gasteiger partial charge in [0.1, 0.15) is 5.69 Å². The van der Waals surface area contributed by atoms with Crippen LogP contribution in [0.15, 0.2) is 6.07 Å². The van der Waals surface area contributed by atoms with Crippen molar-refractivity contribution in [3.8, 4) is 5.88 Å². The number of nitrogens with two attached hydrogens (primary N) is 1. The summed E-state index contributed by atoms with van der Waals surface area (Å²) in [5, 5.41) is 0. The topological polar surface area (TPSA) is 48.1 Å². The molecule has 1 aromatic rings. The Morgan fingerprint density at radius 3 is 2.62 bits per heavy atom. The van der Waals surface area contributed by atoms with E-state index in [9.17, 15) is 8.78 Å². The van der Waals surface area contributed by atoms with E-state index >= 15 is 0 Å². The highest BCUT2D eigenvalue weighted by Crippen LogP contribution is 2.27. The third-order valence-corrected chi connectivity index (χ3v) is 1.63. The first-order chi connectivity index (χ1) is 6.06. The molecule has 0 unspecified atom stereocenters. The van der Waals surface area contributed by atoms with Crippen LogP contribution in [-0.4, -0.2) is 12.1 Å². The second-order valence-electron chi connectivity index (χ2n) is 2.59. The Bertz CT molecular complexity index is 315. The minimum absolute atomic E-state index is 0.00620. The number of nitrogens with zero attached hydrogens (tertiary/aromatic N) is 1. The molecule has 0 aliphatic heterocycles. The summed E-state index contributed by atoms with van der Waals surface area (Å²) in [5.41, 5.74) is 5.56. The summed E-state index contributed by atoms with van der Waals surface area (Å²) in [6.07, 6.45) is -2.67. The Balaban J connectivity index is 3.22. The molecule has 72 valence electrons. The molecule has 0 aromatic carbocycles. The highest BCUT2D eigenvalue weighted by Gasteiger charge is 2.15. The average molecular weight is 188 g/mol. The number of hydrogen-bond donors (Lipinski definition) is 1. The van der Waals surface area contributed by atoms with Crippen molar-refractivity contribution in [1.29, 1.82) is 0 Å². The van der Waals surface area contributed by atoms with Crippen molar-refractivity contribution in [3.05, 3.63) is 17.3 Å². The van der Waals surface area contributed by atoms with Crippen LogP contribution >= 0.6 is 0 Å². The molecule has 1 heterocycles. The van der Waals surface area contributed by atoms with Gasteiger partial charge in [0.05, 0.1) is 12.8 Å². The van der Waals surface area contributed by atoms with Gasteiger partial charge in [-0.15, -0.1) is 0 Å². The van der Waals surface area contributed by atoms with Gasteiger partial charge in [-0.1, -0.05) is 0 Å². The standard InChI is InChI=1S/C8H10F2N2O/c1-4-3-5(11)6(7(9)10)12-8(4)13-2/h3,7H,11H2,1-2H3. The molecule has 2 N–H and O–H groups in total. The Kier molecular flexibility index (Phi) is 2.65. The SMILES string of the molecule is COc1nc(C(F)F)c(N)cc1C. The van der Waals surface area contributed by atoms with Gasteiger partial charge in [0.25, 0.3) is 6.43 Å². The predicted octanol–water partition coefficient (Wildman–Crippen LogP) is 1.92. The number of aromatic nitrogens is 1. The quantitative estimate of drug-likeness (QED) is 0.771. The van der Waals surface area contributed by atoms with Crippen molar-refractivity contribution in [1.82, 2.24) is 4.98 Å². The zero-order valence-corrected chi connectivity index (χ0v) is 7.34. The van der Waals surface area contributed by atoms with Crippen LogP contribution < -0.4 is 10.5 Å². The zero-order valence-electron chi connectivity index (χ0n) is 7.34. The molecule has 3 nitrogen and oxygen atoms in total. The number of alkyl halides is 2. The van der Waals surface area contributed by atoms with E-state index in [4.69, 9.17) is 10.5 Å². The summed E-state index contributed by atoms with van der Waals surface area (Å²) in [7, 11) is 1.38. The maximum absolute atomic E-state index is 12.3. The van der Waals surface area contributed by atoms with Gasteiger partial charge in [-0.05, 0) is 13.0 Å². The van der Waals surface area contributed by atoms with Gasteiger partial charge in [0.15, 0.2) is 0 Å². The summed E-state index contributed by atoms with van der Waals surface area (Å²) < 4.78 is 29.3. The number of halogens is 2. The first-order valence-corrected chi connectivity index (χ1v) is 3.65. The van der Waals surface area contributed by atoms with E-state index in [0.717, 1.165) is 0 Å². The molecule has 13 heavy (non-hydrogen) atoms. The number of methoxy groups -OCH3 is 1. The largest absolute Gasteiger partial charge is 0.481 e. The molecule has 0 saturated carbocycles. The normalized spacial score (nSPS) is 10.5. The van der Waals surface area contributed by atoms with Crippen LogP contribution in [0, 0.1) is 6.92 Å². The van der Waals surface area contributed by atoms with Crippen molar-refractivity contribution in [2.24, 2.45) is 0 Å². The number of anilines is 1. The van der Waals surface area contributed by atoms with Gasteiger partial charge in [0.2, 0.25) is 5.88 Å². The van der Waals surface area contributed by atoms with Gasteiger partial charge in [0, 0.05) is 5.56 Å². The molecular weight excluding hydrogens is 178 g/mol. The van der Waals surface area contributed by atoms with Gasteiger partial charge in [-0.25, -0.2) is 13.8 Å². The smallest absolute Gasteiger partial charge is 0.282 e. The fourth-order valence-electron chi connectivity index (χ4n) is 1.01. The lowest BCUT2D eigenvalue weighted by atomic mass is 10.2. The first kappa shape index (κ1) is 9.70. The molecule has 5 heteroatoms. The Hall–Kier alpha value is -1.39. The molecule has 0 fully saturated rings. The monoisotopic (exact) mass is 188 g/mol. The van der Waals surface area contributed by atoms with Crippen LogP contribution in [0.4, 0.5) is 14.5 Å². The number of ether oxygens (including phenoxy) is 1. The van der Waals surface area contributed by atoms with Gasteiger partial charge >= 0.3 is 0 Å². The van der Waals surface area contributed by atoms with Crippen LogP contribution in [-0.2, 0) is 0 Å². The summed E-state index contributed by atoms with van der Waals surface area (Å²) in [6.45, 7) is 1.69. The Morgan fingerprint density at radius 1 is 1.54 bits per heavy atom. The lowest BCUT2D eigenvalue weighted by molar-refractivity contribution is 0.146. The molecule has 0 atom stereocenters. The van der Waals surface area contributed by atoms with E-state index < -0.39 is 12.1 Å². The molecule has 0 saturated heterocycles. The summed E-state index contributed by atoms with van der Waals surface area (Å²) >= 11 is 0. The van der Waals surface area contributed by atoms with Gasteiger partial charge < -0.3 is 10.5 Å². The number of nitrogen functional groups attached to an aromatic ring is 1. The minimum Gasteiger partial charge on any atom is -0.481 e. The lowest BCUT2D eigenvalue weighted by Crippen LogP contribution is -2.02. The highest BCUT2D eigenvalue weighted by molar-refractivity contribution is 5.48. The maximum Gasteiger partial charge on any atom is 0.282 e. The van der Waals surface area contributed by atoms with Gasteiger partial charge in [-0.2, -0.15) is 0 Å². The van der Waals surface area contributed by atoms with Crippen LogP contribution in [0.25, 0.3) is 0 Å². The fourth-order valence-corrected chi connectivity index (χ4v) is 1.01. The molecule has 1 aromatic heterocycles. The van der Waals surface area contributed by atoms with Crippen LogP contribution in [0.3, 0.4) is 0 Å². The van der Waals surface area contributed by atoms with E-state index in [1.807, 2.05) is 0 Å². The molecule has 0 amide bonds. The molecular formula is C8H10F2N2O. The highest BCUT2D eigenvalue weighted by atomic mass is 19.3. The van der Waals surface area contributed by atoms with Crippen LogP contribution in [0.5, 0.6) is 5.88 Å². The van der Waals surface area contributed by atoms with Crippen LogP contribution in [0.2, 0.25) is 0 Å². The van der Waals surface area contributed by atoms with E-state index in [0.29, 0.717) is 5.56 Å². The number of aryl methyl sites for hydroxylation is 1. The van der Waals surface area contributed by atoms with Gasteiger partial charge in [-0.3, -0.25) is 0 Å². The van der Waals surface area contributed by atoms with Crippen molar-refractivity contribution in [2.45, 2.75) is 13.3 Å². The minimum atomic E-state index is -2.67. The molecule has 1 rings (SSSR count). The zero-order chi connectivity index (χ0) is 10.0. The molecule has 0 bridgehead atoms. The average Bonchev–Trinajstić information content (AvgIpc) is 2.03. The predicted molar refractivity (Wildman–Crippen MR) is 44.9 cm³/mol. The van der Waals surface area contributed by atoms with E-state index in [1.165, 1.54) is 13.2 Å². The molecule has 0 aliphatic rings. The number of rotatable bonds is 2. The summed E-state index contributed by atoms with van der Waals surface area (Å²) in [6, 6.07) is 1.42. The number of pyridine rings is 1. The number of hydrogen-bond acceptors (Lipinski definition) is 3. The molecule has 0 radical (unpaired) electrons. The lowest BCUT2D eigenvalue weighted by Gasteiger charge is -2.08. The molecule has 0 aliphatic carbocycles. The third-order valence-electron chi connectivity index (χ3n) is 1.63. The fraction of sp³-hybridized carbons (Fsp3) is 0.375. The Morgan fingerprint density at radius 2 is 2.15 bits per heavy atom. The third kappa shape index (κ3) is 1.85. The van der Waals surface area contributed by atoms with Crippen LogP contribution in [0.1, 0.15) is 17.7 Å². The first-order valence-electron chi connectivity index (χ1n) is 3.65. The van der Waals surface area contributed by atoms with Crippen molar-refractivity contribution >= 4 is 5.69 Å². The Labute approximate surface area is 74.5 Å².